The Morgan fingerprint density at radius 1 is 1.13 bits per heavy atom. The topological polar surface area (TPSA) is 44.9 Å². The van der Waals surface area contributed by atoms with Crippen LogP contribution in [0.15, 0.2) is 54.7 Å². The number of rotatable bonds is 6. The number of fused-ring (bicyclic) bond motifs is 1. The van der Waals surface area contributed by atoms with Gasteiger partial charge >= 0.3 is 0 Å². The highest BCUT2D eigenvalue weighted by atomic mass is 19.1. The Hall–Kier alpha value is -2.62. The Labute approximate surface area is 134 Å². The fraction of sp³-hybridized carbons (Fsp3) is 0.211. The van der Waals surface area contributed by atoms with Gasteiger partial charge in [0.15, 0.2) is 0 Å². The molecular weight excluding hydrogens is 291 g/mol. The van der Waals surface area contributed by atoms with E-state index in [1.54, 1.807) is 12.3 Å². The number of carbonyl (C=O) groups is 1. The summed E-state index contributed by atoms with van der Waals surface area (Å²) in [4.78, 5) is 15.1. The minimum absolute atomic E-state index is 0.0387. The second kappa shape index (κ2) is 7.09. The molecule has 1 heterocycles. The van der Waals surface area contributed by atoms with Crippen LogP contribution in [0.4, 0.5) is 4.39 Å². The van der Waals surface area contributed by atoms with E-state index in [1.165, 1.54) is 17.7 Å². The van der Waals surface area contributed by atoms with Gasteiger partial charge in [-0.05, 0) is 42.2 Å². The normalized spacial score (nSPS) is 10.8. The van der Waals surface area contributed by atoms with Crippen molar-refractivity contribution >= 4 is 16.8 Å². The fourth-order valence-corrected chi connectivity index (χ4v) is 2.70. The molecule has 1 aromatic heterocycles. The van der Waals surface area contributed by atoms with Crippen LogP contribution < -0.4 is 5.32 Å². The smallest absolute Gasteiger partial charge is 0.224 e. The summed E-state index contributed by atoms with van der Waals surface area (Å²) in [6.07, 6.45) is 3.88. The van der Waals surface area contributed by atoms with Gasteiger partial charge in [-0.25, -0.2) is 4.39 Å². The maximum atomic E-state index is 13.3. The van der Waals surface area contributed by atoms with Crippen molar-refractivity contribution in [1.82, 2.24) is 10.3 Å². The molecule has 0 unspecified atom stereocenters. The van der Waals surface area contributed by atoms with E-state index >= 15 is 0 Å². The molecule has 3 aromatic rings. The molecule has 1 amide bonds. The number of hydrogen-bond donors (Lipinski definition) is 2. The third-order valence-electron chi connectivity index (χ3n) is 3.89. The molecule has 0 atom stereocenters. The number of halogens is 1. The summed E-state index contributed by atoms with van der Waals surface area (Å²) >= 11 is 0. The largest absolute Gasteiger partial charge is 0.361 e. The highest BCUT2D eigenvalue weighted by Gasteiger charge is 2.09. The molecule has 0 saturated carbocycles. The molecule has 4 heteroatoms. The molecule has 0 bridgehead atoms. The van der Waals surface area contributed by atoms with Gasteiger partial charge in [0.05, 0.1) is 6.42 Å². The molecule has 0 saturated heterocycles. The van der Waals surface area contributed by atoms with Crippen molar-refractivity contribution in [3.8, 4) is 0 Å². The third-order valence-corrected chi connectivity index (χ3v) is 3.89. The number of aryl methyl sites for hydroxylation is 1. The van der Waals surface area contributed by atoms with Crippen molar-refractivity contribution < 1.29 is 9.18 Å². The van der Waals surface area contributed by atoms with Gasteiger partial charge in [-0.3, -0.25) is 4.79 Å². The molecule has 0 aliphatic carbocycles. The number of hydrogen-bond acceptors (Lipinski definition) is 1. The highest BCUT2D eigenvalue weighted by molar-refractivity contribution is 5.88. The lowest BCUT2D eigenvalue weighted by Gasteiger charge is -2.05. The van der Waals surface area contributed by atoms with Crippen molar-refractivity contribution in [2.24, 2.45) is 0 Å². The molecule has 118 valence electrons. The number of nitrogens with one attached hydrogen (secondary N) is 2. The predicted molar refractivity (Wildman–Crippen MR) is 89.7 cm³/mol. The molecule has 0 radical (unpaired) electrons. The van der Waals surface area contributed by atoms with Crippen LogP contribution in [0.5, 0.6) is 0 Å². The molecule has 3 nitrogen and oxygen atoms in total. The first-order chi connectivity index (χ1) is 11.2. The zero-order valence-electron chi connectivity index (χ0n) is 12.8. The SMILES string of the molecule is O=C(Cc1c[nH]c2ccc(F)cc12)NCCCc1ccccc1. The first-order valence-corrected chi connectivity index (χ1v) is 7.78. The first-order valence-electron chi connectivity index (χ1n) is 7.78. The van der Waals surface area contributed by atoms with E-state index in [4.69, 9.17) is 0 Å². The fourth-order valence-electron chi connectivity index (χ4n) is 2.70. The summed E-state index contributed by atoms with van der Waals surface area (Å²) < 4.78 is 13.3. The number of aromatic nitrogens is 1. The number of H-pyrrole nitrogens is 1. The van der Waals surface area contributed by atoms with Crippen LogP contribution in [0.1, 0.15) is 17.5 Å². The zero-order valence-corrected chi connectivity index (χ0v) is 12.8. The van der Waals surface area contributed by atoms with E-state index < -0.39 is 0 Å². The summed E-state index contributed by atoms with van der Waals surface area (Å²) in [7, 11) is 0. The molecule has 2 aromatic carbocycles. The molecule has 2 N–H and O–H groups in total. The maximum absolute atomic E-state index is 13.3. The van der Waals surface area contributed by atoms with Crippen LogP contribution in [-0.4, -0.2) is 17.4 Å². The lowest BCUT2D eigenvalue weighted by Crippen LogP contribution is -2.26. The summed E-state index contributed by atoms with van der Waals surface area (Å²) in [6, 6.07) is 14.8. The summed E-state index contributed by atoms with van der Waals surface area (Å²) in [6.45, 7) is 0.643. The van der Waals surface area contributed by atoms with Crippen molar-refractivity contribution in [2.45, 2.75) is 19.3 Å². The van der Waals surface area contributed by atoms with Crippen LogP contribution in [-0.2, 0) is 17.6 Å². The Morgan fingerprint density at radius 2 is 1.96 bits per heavy atom. The van der Waals surface area contributed by atoms with Crippen molar-refractivity contribution in [3.05, 3.63) is 71.7 Å². The second-order valence-electron chi connectivity index (χ2n) is 5.62. The van der Waals surface area contributed by atoms with E-state index in [2.05, 4.69) is 22.4 Å². The first kappa shape index (κ1) is 15.3. The summed E-state index contributed by atoms with van der Waals surface area (Å²) in [5.74, 6) is -0.329. The van der Waals surface area contributed by atoms with Crippen LogP contribution in [0.2, 0.25) is 0 Å². The van der Waals surface area contributed by atoms with Gasteiger partial charge in [-0.2, -0.15) is 0 Å². The number of aromatic amines is 1. The molecule has 0 aliphatic rings. The summed E-state index contributed by atoms with van der Waals surface area (Å²) in [5, 5.41) is 3.69. The van der Waals surface area contributed by atoms with E-state index in [9.17, 15) is 9.18 Å². The van der Waals surface area contributed by atoms with Crippen molar-refractivity contribution in [1.29, 1.82) is 0 Å². The van der Waals surface area contributed by atoms with Crippen LogP contribution in [0, 0.1) is 5.82 Å². The van der Waals surface area contributed by atoms with Gasteiger partial charge in [0.1, 0.15) is 5.82 Å². The Kier molecular flexibility index (Phi) is 4.71. The Bertz CT molecular complexity index is 795. The van der Waals surface area contributed by atoms with E-state index in [-0.39, 0.29) is 18.1 Å². The maximum Gasteiger partial charge on any atom is 0.224 e. The molecule has 23 heavy (non-hydrogen) atoms. The Morgan fingerprint density at radius 3 is 2.78 bits per heavy atom. The lowest BCUT2D eigenvalue weighted by molar-refractivity contribution is -0.120. The van der Waals surface area contributed by atoms with Gasteiger partial charge < -0.3 is 10.3 Å². The predicted octanol–water partition coefficient (Wildman–Crippen LogP) is 3.60. The Balaban J connectivity index is 1.50. The standard InChI is InChI=1S/C19H19FN2O/c20-16-8-9-18-17(12-16)15(13-22-18)11-19(23)21-10-4-7-14-5-2-1-3-6-14/h1-3,5-6,8-9,12-13,22H,4,7,10-11H2,(H,21,23). The van der Waals surface area contributed by atoms with Crippen molar-refractivity contribution in [2.75, 3.05) is 6.54 Å². The second-order valence-corrected chi connectivity index (χ2v) is 5.62. The lowest BCUT2D eigenvalue weighted by atomic mass is 10.1. The minimum atomic E-state index is -0.290. The van der Waals surface area contributed by atoms with E-state index in [0.29, 0.717) is 6.54 Å². The van der Waals surface area contributed by atoms with Crippen LogP contribution in [0.25, 0.3) is 10.9 Å². The van der Waals surface area contributed by atoms with Gasteiger partial charge in [0.25, 0.3) is 0 Å². The monoisotopic (exact) mass is 310 g/mol. The highest BCUT2D eigenvalue weighted by Crippen LogP contribution is 2.19. The number of carbonyl (C=O) groups excluding carboxylic acids is 1. The average Bonchev–Trinajstić information content (AvgIpc) is 2.95. The molecule has 3 rings (SSSR count). The van der Waals surface area contributed by atoms with E-state index in [1.807, 2.05) is 18.2 Å². The number of benzene rings is 2. The molecular formula is C19H19FN2O. The van der Waals surface area contributed by atoms with Gasteiger partial charge in [0, 0.05) is 23.6 Å². The quantitative estimate of drug-likeness (QED) is 0.671. The third kappa shape index (κ3) is 3.97. The van der Waals surface area contributed by atoms with Gasteiger partial charge in [0.2, 0.25) is 5.91 Å². The van der Waals surface area contributed by atoms with Crippen LogP contribution in [0.3, 0.4) is 0 Å². The zero-order chi connectivity index (χ0) is 16.1. The van der Waals surface area contributed by atoms with E-state index in [0.717, 1.165) is 29.3 Å². The molecule has 0 fully saturated rings. The van der Waals surface area contributed by atoms with Crippen LogP contribution >= 0.6 is 0 Å². The molecule has 0 spiro atoms. The van der Waals surface area contributed by atoms with Gasteiger partial charge in [-0.15, -0.1) is 0 Å². The summed E-state index contributed by atoms with van der Waals surface area (Å²) in [5.41, 5.74) is 2.94. The molecule has 0 aliphatic heterocycles. The van der Waals surface area contributed by atoms with Crippen molar-refractivity contribution in [3.63, 3.8) is 0 Å². The average molecular weight is 310 g/mol. The number of amides is 1. The minimum Gasteiger partial charge on any atom is -0.361 e. The van der Waals surface area contributed by atoms with Gasteiger partial charge in [-0.1, -0.05) is 30.3 Å².